The molecule has 2 aromatic carbocycles. The van der Waals surface area contributed by atoms with Crippen LogP contribution in [-0.4, -0.2) is 19.7 Å². The normalized spacial score (nSPS) is 14.1. The van der Waals surface area contributed by atoms with Crippen molar-refractivity contribution in [2.24, 2.45) is 0 Å². The summed E-state index contributed by atoms with van der Waals surface area (Å²) in [4.78, 5) is 8.69. The van der Waals surface area contributed by atoms with Crippen LogP contribution in [0, 0.1) is 0 Å². The molecule has 25 heavy (non-hydrogen) atoms. The molecule has 5 nitrogen and oxygen atoms in total. The molecule has 5 heteroatoms. The van der Waals surface area contributed by atoms with Gasteiger partial charge in [-0.05, 0) is 24.0 Å². The second-order valence-electron chi connectivity index (χ2n) is 6.45. The number of hydrogen-bond acceptors (Lipinski definition) is 4. The zero-order valence-corrected chi connectivity index (χ0v) is 13.6. The van der Waals surface area contributed by atoms with Crippen molar-refractivity contribution in [1.29, 1.82) is 0 Å². The summed E-state index contributed by atoms with van der Waals surface area (Å²) in [7, 11) is 0. The van der Waals surface area contributed by atoms with E-state index in [1.54, 1.807) is 0 Å². The van der Waals surface area contributed by atoms with Gasteiger partial charge in [0.25, 0.3) is 0 Å². The van der Waals surface area contributed by atoms with E-state index in [0.717, 1.165) is 35.1 Å². The molecular weight excluding hydrogens is 310 g/mol. The third kappa shape index (κ3) is 2.20. The van der Waals surface area contributed by atoms with Crippen molar-refractivity contribution < 1.29 is 0 Å². The van der Waals surface area contributed by atoms with Gasteiger partial charge in [-0.3, -0.25) is 0 Å². The third-order valence-corrected chi connectivity index (χ3v) is 4.94. The Morgan fingerprint density at radius 2 is 1.56 bits per heavy atom. The maximum Gasteiger partial charge on any atom is 0.164 e. The van der Waals surface area contributed by atoms with Crippen LogP contribution in [0.5, 0.6) is 0 Å². The quantitative estimate of drug-likeness (QED) is 0.612. The Kier molecular flexibility index (Phi) is 3.06. The van der Waals surface area contributed by atoms with Gasteiger partial charge >= 0.3 is 0 Å². The monoisotopic (exact) mass is 327 g/mol. The van der Waals surface area contributed by atoms with Crippen molar-refractivity contribution in [3.8, 4) is 11.3 Å². The van der Waals surface area contributed by atoms with E-state index in [1.807, 2.05) is 35.0 Å². The first kappa shape index (κ1) is 14.2. The van der Waals surface area contributed by atoms with Crippen LogP contribution in [0.2, 0.25) is 0 Å². The molecule has 0 saturated heterocycles. The van der Waals surface area contributed by atoms with Gasteiger partial charge in [-0.1, -0.05) is 54.6 Å². The SMILES string of the molecule is Nc1ncnc2c1c(-c1ccccc1)nn2C1Cc2ccccc2C1. The van der Waals surface area contributed by atoms with E-state index in [2.05, 4.69) is 34.2 Å². The Morgan fingerprint density at radius 3 is 2.28 bits per heavy atom. The van der Waals surface area contributed by atoms with Gasteiger partial charge in [-0.15, -0.1) is 0 Å². The van der Waals surface area contributed by atoms with Gasteiger partial charge in [-0.25, -0.2) is 14.6 Å². The minimum Gasteiger partial charge on any atom is -0.383 e. The van der Waals surface area contributed by atoms with Gasteiger partial charge in [-0.2, -0.15) is 5.10 Å². The maximum atomic E-state index is 6.19. The molecule has 1 aliphatic rings. The molecular formula is C20H17N5. The number of fused-ring (bicyclic) bond motifs is 2. The number of nitrogens with zero attached hydrogens (tertiary/aromatic N) is 4. The van der Waals surface area contributed by atoms with E-state index in [1.165, 1.54) is 17.5 Å². The van der Waals surface area contributed by atoms with Crippen LogP contribution < -0.4 is 5.73 Å². The topological polar surface area (TPSA) is 69.6 Å². The molecule has 122 valence electrons. The first-order valence-corrected chi connectivity index (χ1v) is 8.42. The summed E-state index contributed by atoms with van der Waals surface area (Å²) in [5.74, 6) is 0.477. The van der Waals surface area contributed by atoms with Crippen LogP contribution in [0.15, 0.2) is 60.9 Å². The molecule has 2 N–H and O–H groups in total. The number of benzene rings is 2. The van der Waals surface area contributed by atoms with Crippen LogP contribution >= 0.6 is 0 Å². The van der Waals surface area contributed by atoms with Crippen LogP contribution in [0.25, 0.3) is 22.3 Å². The average molecular weight is 327 g/mol. The van der Waals surface area contributed by atoms with Crippen molar-refractivity contribution in [3.05, 3.63) is 72.1 Å². The number of aromatic nitrogens is 4. The van der Waals surface area contributed by atoms with E-state index in [-0.39, 0.29) is 6.04 Å². The predicted octanol–water partition coefficient (Wildman–Crippen LogP) is 3.42. The smallest absolute Gasteiger partial charge is 0.164 e. The van der Waals surface area contributed by atoms with Crippen molar-refractivity contribution in [1.82, 2.24) is 19.7 Å². The molecule has 0 bridgehead atoms. The summed E-state index contributed by atoms with van der Waals surface area (Å²) in [6.45, 7) is 0. The minimum absolute atomic E-state index is 0.256. The molecule has 0 saturated carbocycles. The zero-order valence-electron chi connectivity index (χ0n) is 13.6. The highest BCUT2D eigenvalue weighted by molar-refractivity contribution is 5.98. The largest absolute Gasteiger partial charge is 0.383 e. The molecule has 0 aliphatic heterocycles. The molecule has 5 rings (SSSR count). The summed E-state index contributed by atoms with van der Waals surface area (Å²) in [6.07, 6.45) is 3.45. The zero-order chi connectivity index (χ0) is 16.8. The Balaban J connectivity index is 1.69. The lowest BCUT2D eigenvalue weighted by atomic mass is 10.1. The number of anilines is 1. The fraction of sp³-hybridized carbons (Fsp3) is 0.150. The Bertz CT molecular complexity index is 1040. The molecule has 2 heterocycles. The number of nitrogen functional groups attached to an aromatic ring is 1. The summed E-state index contributed by atoms with van der Waals surface area (Å²) in [6, 6.07) is 18.9. The van der Waals surface area contributed by atoms with Crippen LogP contribution in [0.4, 0.5) is 5.82 Å². The summed E-state index contributed by atoms with van der Waals surface area (Å²) >= 11 is 0. The number of hydrogen-bond donors (Lipinski definition) is 1. The molecule has 0 atom stereocenters. The first-order valence-electron chi connectivity index (χ1n) is 8.42. The second-order valence-corrected chi connectivity index (χ2v) is 6.45. The first-order chi connectivity index (χ1) is 12.3. The Hall–Kier alpha value is -3.21. The van der Waals surface area contributed by atoms with Gasteiger partial charge < -0.3 is 5.73 Å². The van der Waals surface area contributed by atoms with Gasteiger partial charge in [0.2, 0.25) is 0 Å². The molecule has 0 unspecified atom stereocenters. The average Bonchev–Trinajstić information content (AvgIpc) is 3.24. The fourth-order valence-electron chi connectivity index (χ4n) is 3.76. The highest BCUT2D eigenvalue weighted by atomic mass is 15.3. The van der Waals surface area contributed by atoms with Crippen LogP contribution in [0.1, 0.15) is 17.2 Å². The van der Waals surface area contributed by atoms with Crippen molar-refractivity contribution in [2.75, 3.05) is 5.73 Å². The molecule has 0 radical (unpaired) electrons. The van der Waals surface area contributed by atoms with E-state index in [9.17, 15) is 0 Å². The Labute approximate surface area is 145 Å². The molecule has 0 spiro atoms. The van der Waals surface area contributed by atoms with Gasteiger partial charge in [0.1, 0.15) is 17.8 Å². The minimum atomic E-state index is 0.256. The van der Waals surface area contributed by atoms with Gasteiger partial charge in [0.05, 0.1) is 11.4 Å². The van der Waals surface area contributed by atoms with Gasteiger partial charge in [0, 0.05) is 5.56 Å². The number of rotatable bonds is 2. The molecule has 4 aromatic rings. The lowest BCUT2D eigenvalue weighted by Gasteiger charge is -2.10. The second kappa shape index (κ2) is 5.41. The summed E-state index contributed by atoms with van der Waals surface area (Å²) < 4.78 is 2.04. The predicted molar refractivity (Wildman–Crippen MR) is 98.1 cm³/mol. The van der Waals surface area contributed by atoms with E-state index < -0.39 is 0 Å². The van der Waals surface area contributed by atoms with Crippen molar-refractivity contribution >= 4 is 16.9 Å². The lowest BCUT2D eigenvalue weighted by Crippen LogP contribution is -2.11. The molecule has 0 amide bonds. The Morgan fingerprint density at radius 1 is 0.880 bits per heavy atom. The summed E-state index contributed by atoms with van der Waals surface area (Å²) in [5, 5.41) is 5.76. The van der Waals surface area contributed by atoms with Crippen molar-refractivity contribution in [3.63, 3.8) is 0 Å². The van der Waals surface area contributed by atoms with Crippen LogP contribution in [0.3, 0.4) is 0 Å². The van der Waals surface area contributed by atoms with Crippen molar-refractivity contribution in [2.45, 2.75) is 18.9 Å². The highest BCUT2D eigenvalue weighted by Crippen LogP contribution is 2.36. The maximum absolute atomic E-state index is 6.19. The fourth-order valence-corrected chi connectivity index (χ4v) is 3.76. The standard InChI is InChI=1S/C20H17N5/c21-19-17-18(13-6-2-1-3-7-13)24-25(20(17)23-12-22-19)16-10-14-8-4-5-9-15(14)11-16/h1-9,12,16H,10-11H2,(H2,21,22,23). The van der Waals surface area contributed by atoms with Crippen LogP contribution in [-0.2, 0) is 12.8 Å². The van der Waals surface area contributed by atoms with E-state index in [0.29, 0.717) is 5.82 Å². The number of nitrogens with two attached hydrogens (primary N) is 1. The lowest BCUT2D eigenvalue weighted by molar-refractivity contribution is 0.488. The van der Waals surface area contributed by atoms with E-state index >= 15 is 0 Å². The van der Waals surface area contributed by atoms with Gasteiger partial charge in [0.15, 0.2) is 5.65 Å². The molecule has 1 aliphatic carbocycles. The third-order valence-electron chi connectivity index (χ3n) is 4.94. The summed E-state index contributed by atoms with van der Waals surface area (Å²) in [5.41, 5.74) is 11.7. The molecule has 2 aromatic heterocycles. The molecule has 0 fully saturated rings. The van der Waals surface area contributed by atoms with E-state index in [4.69, 9.17) is 10.8 Å². The highest BCUT2D eigenvalue weighted by Gasteiger charge is 2.27.